The van der Waals surface area contributed by atoms with Gasteiger partial charge in [-0.05, 0) is 49.4 Å². The third-order valence-corrected chi connectivity index (χ3v) is 4.94. The number of fused-ring (bicyclic) bond motifs is 1. The Balaban J connectivity index is 2.45. The highest BCUT2D eigenvalue weighted by Crippen LogP contribution is 2.37. The van der Waals surface area contributed by atoms with Crippen LogP contribution in [0.3, 0.4) is 0 Å². The van der Waals surface area contributed by atoms with Crippen LogP contribution in [0.25, 0.3) is 0 Å². The summed E-state index contributed by atoms with van der Waals surface area (Å²) in [5.74, 6) is 0. The van der Waals surface area contributed by atoms with Crippen molar-refractivity contribution in [2.75, 3.05) is 13.1 Å². The fraction of sp³-hybridized carbons (Fsp3) is 0.692. The molecule has 2 rings (SSSR count). The Kier molecular flexibility index (Phi) is 2.91. The monoisotopic (exact) mass is 223 g/mol. The maximum atomic E-state index is 3.47. The zero-order chi connectivity index (χ0) is 11.1. The molecule has 1 aromatic heterocycles. The molecule has 2 heteroatoms. The molecule has 0 amide bonds. The highest BCUT2D eigenvalue weighted by molar-refractivity contribution is 7.12. The first-order valence-corrected chi connectivity index (χ1v) is 6.64. The molecule has 0 unspecified atom stereocenters. The Morgan fingerprint density at radius 2 is 1.80 bits per heavy atom. The predicted molar refractivity (Wildman–Crippen MR) is 68.0 cm³/mol. The molecule has 1 aliphatic heterocycles. The van der Waals surface area contributed by atoms with Gasteiger partial charge in [0.25, 0.3) is 0 Å². The minimum absolute atomic E-state index is 0.314. The van der Waals surface area contributed by atoms with Crippen molar-refractivity contribution >= 4 is 11.3 Å². The Morgan fingerprint density at radius 3 is 2.47 bits per heavy atom. The van der Waals surface area contributed by atoms with Crippen LogP contribution in [0.1, 0.15) is 41.7 Å². The van der Waals surface area contributed by atoms with Gasteiger partial charge in [-0.3, -0.25) is 0 Å². The zero-order valence-electron chi connectivity index (χ0n) is 10.2. The zero-order valence-corrected chi connectivity index (χ0v) is 11.1. The van der Waals surface area contributed by atoms with Gasteiger partial charge in [-0.2, -0.15) is 0 Å². The molecular formula is C13H21NS. The third-order valence-electron chi connectivity index (χ3n) is 3.12. The topological polar surface area (TPSA) is 12.0 Å². The van der Waals surface area contributed by atoms with E-state index in [4.69, 9.17) is 0 Å². The van der Waals surface area contributed by atoms with E-state index in [-0.39, 0.29) is 0 Å². The lowest BCUT2D eigenvalue weighted by Crippen LogP contribution is -2.17. The maximum Gasteiger partial charge on any atom is 0.0134 e. The second kappa shape index (κ2) is 3.91. The SMILES string of the molecule is Cc1c(C(C)(C)C)sc2c1CCNCC2. The Hall–Kier alpha value is -0.340. The molecule has 0 atom stereocenters. The van der Waals surface area contributed by atoms with Crippen molar-refractivity contribution in [3.63, 3.8) is 0 Å². The molecule has 0 aliphatic carbocycles. The number of thiophene rings is 1. The fourth-order valence-corrected chi connectivity index (χ4v) is 3.80. The lowest BCUT2D eigenvalue weighted by molar-refractivity contribution is 0.599. The van der Waals surface area contributed by atoms with E-state index >= 15 is 0 Å². The van der Waals surface area contributed by atoms with Crippen LogP contribution in [0.15, 0.2) is 0 Å². The fourth-order valence-electron chi connectivity index (χ4n) is 2.39. The molecule has 1 aromatic rings. The van der Waals surface area contributed by atoms with Gasteiger partial charge in [-0.15, -0.1) is 11.3 Å². The molecular weight excluding hydrogens is 202 g/mol. The van der Waals surface area contributed by atoms with Crippen LogP contribution >= 0.6 is 11.3 Å². The van der Waals surface area contributed by atoms with Crippen molar-refractivity contribution < 1.29 is 0 Å². The van der Waals surface area contributed by atoms with Crippen LogP contribution in [0.4, 0.5) is 0 Å². The Morgan fingerprint density at radius 1 is 1.13 bits per heavy atom. The molecule has 0 aromatic carbocycles. The van der Waals surface area contributed by atoms with E-state index in [1.165, 1.54) is 12.8 Å². The van der Waals surface area contributed by atoms with E-state index in [2.05, 4.69) is 33.0 Å². The molecule has 1 N–H and O–H groups in total. The number of nitrogens with one attached hydrogen (secondary N) is 1. The van der Waals surface area contributed by atoms with Crippen LogP contribution in [-0.4, -0.2) is 13.1 Å². The first kappa shape index (κ1) is 11.2. The number of rotatable bonds is 0. The first-order valence-electron chi connectivity index (χ1n) is 5.82. The molecule has 0 saturated heterocycles. The number of hydrogen-bond donors (Lipinski definition) is 1. The summed E-state index contributed by atoms with van der Waals surface area (Å²) in [5.41, 5.74) is 3.51. The van der Waals surface area contributed by atoms with E-state index in [9.17, 15) is 0 Å². The van der Waals surface area contributed by atoms with Crippen molar-refractivity contribution in [2.45, 2.75) is 46.0 Å². The summed E-state index contributed by atoms with van der Waals surface area (Å²) in [6.45, 7) is 11.6. The summed E-state index contributed by atoms with van der Waals surface area (Å²) in [4.78, 5) is 3.22. The minimum atomic E-state index is 0.314. The average molecular weight is 223 g/mol. The molecule has 1 nitrogen and oxygen atoms in total. The van der Waals surface area contributed by atoms with Gasteiger partial charge in [0, 0.05) is 9.75 Å². The lowest BCUT2D eigenvalue weighted by Gasteiger charge is -2.18. The summed E-state index contributed by atoms with van der Waals surface area (Å²) >= 11 is 2.04. The summed E-state index contributed by atoms with van der Waals surface area (Å²) in [6, 6.07) is 0. The van der Waals surface area contributed by atoms with Crippen LogP contribution in [0.2, 0.25) is 0 Å². The summed E-state index contributed by atoms with van der Waals surface area (Å²) in [7, 11) is 0. The molecule has 0 fully saturated rings. The second-order valence-corrected chi connectivity index (χ2v) is 6.56. The quantitative estimate of drug-likeness (QED) is 0.713. The van der Waals surface area contributed by atoms with Crippen molar-refractivity contribution in [3.8, 4) is 0 Å². The molecule has 2 heterocycles. The molecule has 0 spiro atoms. The van der Waals surface area contributed by atoms with Gasteiger partial charge >= 0.3 is 0 Å². The summed E-state index contributed by atoms with van der Waals surface area (Å²) < 4.78 is 0. The smallest absolute Gasteiger partial charge is 0.0134 e. The van der Waals surface area contributed by atoms with E-state index < -0.39 is 0 Å². The van der Waals surface area contributed by atoms with Crippen molar-refractivity contribution in [2.24, 2.45) is 0 Å². The molecule has 0 bridgehead atoms. The van der Waals surface area contributed by atoms with E-state index in [0.29, 0.717) is 5.41 Å². The van der Waals surface area contributed by atoms with Gasteiger partial charge in [0.05, 0.1) is 0 Å². The largest absolute Gasteiger partial charge is 0.316 e. The minimum Gasteiger partial charge on any atom is -0.316 e. The van der Waals surface area contributed by atoms with Crippen molar-refractivity contribution in [1.29, 1.82) is 0 Å². The van der Waals surface area contributed by atoms with Gasteiger partial charge in [-0.1, -0.05) is 20.8 Å². The first-order chi connectivity index (χ1) is 7.00. The van der Waals surface area contributed by atoms with Crippen molar-refractivity contribution in [3.05, 3.63) is 20.9 Å². The van der Waals surface area contributed by atoms with Gasteiger partial charge in [0.2, 0.25) is 0 Å². The predicted octanol–water partition coefficient (Wildman–Crippen LogP) is 3.04. The maximum absolute atomic E-state index is 3.47. The van der Waals surface area contributed by atoms with Gasteiger partial charge in [0.15, 0.2) is 0 Å². The van der Waals surface area contributed by atoms with E-state index in [1.54, 1.807) is 20.9 Å². The highest BCUT2D eigenvalue weighted by Gasteiger charge is 2.24. The van der Waals surface area contributed by atoms with Crippen LogP contribution < -0.4 is 5.32 Å². The lowest BCUT2D eigenvalue weighted by atomic mass is 9.90. The van der Waals surface area contributed by atoms with E-state index in [0.717, 1.165) is 13.1 Å². The van der Waals surface area contributed by atoms with Crippen molar-refractivity contribution in [1.82, 2.24) is 5.32 Å². The molecule has 0 radical (unpaired) electrons. The highest BCUT2D eigenvalue weighted by atomic mass is 32.1. The number of hydrogen-bond acceptors (Lipinski definition) is 2. The van der Waals surface area contributed by atoms with Crippen LogP contribution in [0.5, 0.6) is 0 Å². The van der Waals surface area contributed by atoms with Gasteiger partial charge in [0.1, 0.15) is 0 Å². The average Bonchev–Trinajstić information content (AvgIpc) is 2.36. The molecule has 0 saturated carbocycles. The molecule has 1 aliphatic rings. The molecule has 15 heavy (non-hydrogen) atoms. The summed E-state index contributed by atoms with van der Waals surface area (Å²) in [5, 5.41) is 3.47. The standard InChI is InChI=1S/C13H21NS/c1-9-10-5-7-14-8-6-11(10)15-12(9)13(2,3)4/h14H,5-8H2,1-4H3. The summed E-state index contributed by atoms with van der Waals surface area (Å²) in [6.07, 6.45) is 2.44. The van der Waals surface area contributed by atoms with Gasteiger partial charge < -0.3 is 5.32 Å². The Labute approximate surface area is 96.9 Å². The van der Waals surface area contributed by atoms with Gasteiger partial charge in [-0.25, -0.2) is 0 Å². The van der Waals surface area contributed by atoms with E-state index in [1.807, 2.05) is 11.3 Å². The second-order valence-electron chi connectivity index (χ2n) is 5.46. The Bertz CT molecular complexity index is 357. The third kappa shape index (κ3) is 2.11. The van der Waals surface area contributed by atoms with Crippen LogP contribution in [0, 0.1) is 6.92 Å². The van der Waals surface area contributed by atoms with Crippen LogP contribution in [-0.2, 0) is 18.3 Å². The normalized spacial score (nSPS) is 17.3. The molecule has 84 valence electrons.